The van der Waals surface area contributed by atoms with Gasteiger partial charge in [-0.3, -0.25) is 0 Å². The molecular formula is C22H17Br. The highest BCUT2D eigenvalue weighted by Gasteiger charge is 2.57. The van der Waals surface area contributed by atoms with Crippen molar-refractivity contribution in [1.29, 1.82) is 0 Å². The number of halogens is 1. The van der Waals surface area contributed by atoms with E-state index in [2.05, 4.69) is 96.6 Å². The fourth-order valence-electron chi connectivity index (χ4n) is 4.85. The van der Waals surface area contributed by atoms with Crippen molar-refractivity contribution in [2.24, 2.45) is 10.8 Å². The van der Waals surface area contributed by atoms with E-state index in [1.165, 1.54) is 37.9 Å². The molecule has 0 saturated heterocycles. The number of hydrogen-bond acceptors (Lipinski definition) is 0. The van der Waals surface area contributed by atoms with Gasteiger partial charge in [0.1, 0.15) is 0 Å². The molecule has 5 rings (SSSR count). The quantitative estimate of drug-likeness (QED) is 0.515. The summed E-state index contributed by atoms with van der Waals surface area (Å²) in [5.74, 6) is 0. The minimum atomic E-state index is -0.0460. The summed E-state index contributed by atoms with van der Waals surface area (Å²) in [5.41, 5.74) is 8.23. The molecule has 4 aliphatic carbocycles. The van der Waals surface area contributed by atoms with Crippen LogP contribution in [0.4, 0.5) is 0 Å². The van der Waals surface area contributed by atoms with Crippen molar-refractivity contribution in [2.75, 3.05) is 0 Å². The highest BCUT2D eigenvalue weighted by atomic mass is 79.9. The molecule has 23 heavy (non-hydrogen) atoms. The Morgan fingerprint density at radius 1 is 0.783 bits per heavy atom. The van der Waals surface area contributed by atoms with Crippen LogP contribution in [0.3, 0.4) is 0 Å². The maximum Gasteiger partial charge on any atom is 0.0326 e. The second-order valence-electron chi connectivity index (χ2n) is 7.04. The fraction of sp³-hybridized carbons (Fsp3) is 0.182. The predicted molar refractivity (Wildman–Crippen MR) is 101 cm³/mol. The van der Waals surface area contributed by atoms with Gasteiger partial charge in [-0.1, -0.05) is 80.6 Å². The lowest BCUT2D eigenvalue weighted by Crippen LogP contribution is -2.47. The average Bonchev–Trinajstić information content (AvgIpc) is 2.55. The lowest BCUT2D eigenvalue weighted by atomic mass is 9.45. The molecule has 0 bridgehead atoms. The number of allylic oxidation sites excluding steroid dienone is 11. The second-order valence-corrected chi connectivity index (χ2v) is 7.83. The minimum absolute atomic E-state index is 0.0114. The van der Waals surface area contributed by atoms with Crippen molar-refractivity contribution < 1.29 is 0 Å². The van der Waals surface area contributed by atoms with E-state index in [0.717, 1.165) is 0 Å². The van der Waals surface area contributed by atoms with Crippen LogP contribution in [-0.4, -0.2) is 0 Å². The van der Waals surface area contributed by atoms with Crippen LogP contribution in [0, 0.1) is 10.8 Å². The van der Waals surface area contributed by atoms with Crippen molar-refractivity contribution in [3.63, 3.8) is 0 Å². The SMILES string of the molecule is C[C@]12C3=CC=CC1=CC=C1c4ccccc4C(Br)=C(C=C3)[C@@]12C. The first kappa shape index (κ1) is 13.6. The lowest BCUT2D eigenvalue weighted by Gasteiger charge is -2.57. The Morgan fingerprint density at radius 3 is 2.35 bits per heavy atom. The van der Waals surface area contributed by atoms with Crippen LogP contribution in [0.15, 0.2) is 83.5 Å². The Labute approximate surface area is 145 Å². The van der Waals surface area contributed by atoms with Gasteiger partial charge in [0, 0.05) is 15.3 Å². The third-order valence-electron chi connectivity index (χ3n) is 6.33. The number of rotatable bonds is 0. The maximum atomic E-state index is 3.92. The van der Waals surface area contributed by atoms with Crippen LogP contribution in [0.2, 0.25) is 0 Å². The summed E-state index contributed by atoms with van der Waals surface area (Å²) in [4.78, 5) is 0. The Kier molecular flexibility index (Phi) is 2.45. The molecule has 0 fully saturated rings. The van der Waals surface area contributed by atoms with Crippen molar-refractivity contribution in [3.05, 3.63) is 94.6 Å². The molecule has 0 amide bonds. The number of hydrogen-bond donors (Lipinski definition) is 0. The van der Waals surface area contributed by atoms with Crippen LogP contribution in [0.25, 0.3) is 10.1 Å². The van der Waals surface area contributed by atoms with E-state index < -0.39 is 0 Å². The maximum absolute atomic E-state index is 3.92. The smallest absolute Gasteiger partial charge is 0.0326 e. The second kappa shape index (κ2) is 4.15. The molecular weight excluding hydrogens is 344 g/mol. The van der Waals surface area contributed by atoms with Gasteiger partial charge in [0.2, 0.25) is 0 Å². The molecule has 0 aliphatic heterocycles. The van der Waals surface area contributed by atoms with Crippen LogP contribution in [0.1, 0.15) is 25.0 Å². The molecule has 1 aromatic carbocycles. The van der Waals surface area contributed by atoms with E-state index in [0.29, 0.717) is 0 Å². The van der Waals surface area contributed by atoms with E-state index >= 15 is 0 Å². The zero-order chi connectivity index (χ0) is 15.8. The molecule has 0 spiro atoms. The summed E-state index contributed by atoms with van der Waals surface area (Å²) in [7, 11) is 0. The molecule has 0 aromatic heterocycles. The van der Waals surface area contributed by atoms with Crippen LogP contribution in [0.5, 0.6) is 0 Å². The first-order valence-corrected chi connectivity index (χ1v) is 8.87. The van der Waals surface area contributed by atoms with Gasteiger partial charge >= 0.3 is 0 Å². The Morgan fingerprint density at radius 2 is 1.52 bits per heavy atom. The molecule has 0 unspecified atom stereocenters. The Bertz CT molecular complexity index is 948. The normalized spacial score (nSPS) is 32.7. The van der Waals surface area contributed by atoms with E-state index in [4.69, 9.17) is 0 Å². The van der Waals surface area contributed by atoms with Gasteiger partial charge in [0.15, 0.2) is 0 Å². The van der Waals surface area contributed by atoms with Gasteiger partial charge in [-0.25, -0.2) is 0 Å². The molecule has 0 saturated carbocycles. The third-order valence-corrected chi connectivity index (χ3v) is 7.19. The molecule has 112 valence electrons. The van der Waals surface area contributed by atoms with E-state index in [9.17, 15) is 0 Å². The van der Waals surface area contributed by atoms with Gasteiger partial charge in [0.25, 0.3) is 0 Å². The van der Waals surface area contributed by atoms with Crippen molar-refractivity contribution >= 4 is 26.0 Å². The lowest BCUT2D eigenvalue weighted by molar-refractivity contribution is 0.277. The first-order valence-electron chi connectivity index (χ1n) is 8.08. The third kappa shape index (κ3) is 1.35. The molecule has 1 aromatic rings. The van der Waals surface area contributed by atoms with Crippen LogP contribution in [-0.2, 0) is 0 Å². The standard InChI is InChI=1S/C22H17Br/c1-21-14-6-5-7-15(21)11-13-19-20(23)17-9-4-3-8-16(17)18(12-10-14)22(19,21)2/h3-13H,1-2H3/t21-,22-/m1/s1. The van der Waals surface area contributed by atoms with E-state index in [1.54, 1.807) is 0 Å². The summed E-state index contributed by atoms with van der Waals surface area (Å²) in [6, 6.07) is 8.74. The Hall–Kier alpha value is -1.86. The zero-order valence-electron chi connectivity index (χ0n) is 13.2. The fourth-order valence-corrected chi connectivity index (χ4v) is 5.72. The minimum Gasteiger partial charge on any atom is -0.0617 e. The molecule has 4 aliphatic rings. The molecule has 2 atom stereocenters. The summed E-state index contributed by atoms with van der Waals surface area (Å²) in [6.07, 6.45) is 16.0. The summed E-state index contributed by atoms with van der Waals surface area (Å²) in [6.45, 7) is 4.81. The van der Waals surface area contributed by atoms with Crippen molar-refractivity contribution in [2.45, 2.75) is 13.8 Å². The first-order chi connectivity index (χ1) is 11.1. The average molecular weight is 361 g/mol. The van der Waals surface area contributed by atoms with Gasteiger partial charge in [0.05, 0.1) is 0 Å². The monoisotopic (exact) mass is 360 g/mol. The largest absolute Gasteiger partial charge is 0.0617 e. The topological polar surface area (TPSA) is 0 Å². The highest BCUT2D eigenvalue weighted by Crippen LogP contribution is 2.69. The molecule has 0 radical (unpaired) electrons. The highest BCUT2D eigenvalue weighted by molar-refractivity contribution is 9.15. The molecule has 0 nitrogen and oxygen atoms in total. The predicted octanol–water partition coefficient (Wildman–Crippen LogP) is 6.21. The summed E-state index contributed by atoms with van der Waals surface area (Å²) in [5, 5.41) is 0. The van der Waals surface area contributed by atoms with Gasteiger partial charge in [-0.2, -0.15) is 0 Å². The van der Waals surface area contributed by atoms with Gasteiger partial charge in [-0.05, 0) is 49.3 Å². The Balaban J connectivity index is 1.99. The summed E-state index contributed by atoms with van der Waals surface area (Å²) < 4.78 is 1.24. The molecule has 0 heterocycles. The molecule has 1 heteroatoms. The zero-order valence-corrected chi connectivity index (χ0v) is 14.8. The number of benzene rings is 1. The van der Waals surface area contributed by atoms with E-state index in [-0.39, 0.29) is 10.8 Å². The van der Waals surface area contributed by atoms with Crippen LogP contribution < -0.4 is 0 Å². The van der Waals surface area contributed by atoms with Crippen LogP contribution >= 0.6 is 15.9 Å². The summed E-state index contributed by atoms with van der Waals surface area (Å²) >= 11 is 3.92. The van der Waals surface area contributed by atoms with Crippen molar-refractivity contribution in [3.8, 4) is 0 Å². The molecule has 0 N–H and O–H groups in total. The van der Waals surface area contributed by atoms with E-state index in [1.807, 2.05) is 0 Å². The number of fused-ring (bicyclic) bond motifs is 2. The van der Waals surface area contributed by atoms with Crippen molar-refractivity contribution in [1.82, 2.24) is 0 Å². The van der Waals surface area contributed by atoms with Gasteiger partial charge < -0.3 is 0 Å². The van der Waals surface area contributed by atoms with Gasteiger partial charge in [-0.15, -0.1) is 0 Å².